The number of benzene rings is 1. The number of ether oxygens (including phenoxy) is 1. The van der Waals surface area contributed by atoms with Gasteiger partial charge < -0.3 is 9.64 Å². The first-order valence-electron chi connectivity index (χ1n) is 6.81. The summed E-state index contributed by atoms with van der Waals surface area (Å²) in [4.78, 5) is 14.0. The minimum absolute atomic E-state index is 0.0520. The van der Waals surface area contributed by atoms with Crippen molar-refractivity contribution in [1.82, 2.24) is 4.90 Å². The Morgan fingerprint density at radius 3 is 2.65 bits per heavy atom. The maximum absolute atomic E-state index is 12.9. The third-order valence-electron chi connectivity index (χ3n) is 3.47. The van der Waals surface area contributed by atoms with Crippen LogP contribution < -0.4 is 4.74 Å². The lowest BCUT2D eigenvalue weighted by Gasteiger charge is -2.34. The number of hydrogen-bond acceptors (Lipinski definition) is 2. The summed E-state index contributed by atoms with van der Waals surface area (Å²) in [5, 5.41) is 0.179. The van der Waals surface area contributed by atoms with Crippen LogP contribution in [0.3, 0.4) is 0 Å². The van der Waals surface area contributed by atoms with Crippen molar-refractivity contribution in [2.24, 2.45) is 11.8 Å². The highest BCUT2D eigenvalue weighted by Gasteiger charge is 2.25. The first-order chi connectivity index (χ1) is 9.45. The van der Waals surface area contributed by atoms with E-state index in [-0.39, 0.29) is 17.5 Å². The van der Waals surface area contributed by atoms with Crippen molar-refractivity contribution in [3.05, 3.63) is 29.0 Å². The number of piperidine rings is 1. The fraction of sp³-hybridized carbons (Fsp3) is 0.533. The number of nitrogens with zero attached hydrogens (tertiary/aromatic N) is 1. The van der Waals surface area contributed by atoms with Gasteiger partial charge in [-0.25, -0.2) is 4.39 Å². The van der Waals surface area contributed by atoms with E-state index < -0.39 is 5.82 Å². The number of halogens is 2. The number of carbonyl (C=O) groups excluding carboxylic acids is 1. The van der Waals surface area contributed by atoms with Crippen LogP contribution in [0.1, 0.15) is 20.3 Å². The van der Waals surface area contributed by atoms with Gasteiger partial charge in [0, 0.05) is 13.1 Å². The minimum Gasteiger partial charge on any atom is -0.482 e. The molecule has 0 radical (unpaired) electrons. The zero-order valence-electron chi connectivity index (χ0n) is 11.7. The van der Waals surface area contributed by atoms with Gasteiger partial charge in [-0.15, -0.1) is 0 Å². The Morgan fingerprint density at radius 1 is 1.40 bits per heavy atom. The average Bonchev–Trinajstić information content (AvgIpc) is 2.36. The summed E-state index contributed by atoms with van der Waals surface area (Å²) in [6.07, 6.45) is 1.15. The van der Waals surface area contributed by atoms with Crippen LogP contribution in [0.2, 0.25) is 5.02 Å². The van der Waals surface area contributed by atoms with E-state index in [1.807, 2.05) is 4.90 Å². The van der Waals surface area contributed by atoms with E-state index in [0.29, 0.717) is 17.6 Å². The molecule has 0 N–H and O–H groups in total. The van der Waals surface area contributed by atoms with Crippen LogP contribution in [0, 0.1) is 17.7 Å². The molecule has 20 heavy (non-hydrogen) atoms. The summed E-state index contributed by atoms with van der Waals surface area (Å²) in [6, 6.07) is 3.87. The molecule has 1 fully saturated rings. The van der Waals surface area contributed by atoms with E-state index in [4.69, 9.17) is 16.3 Å². The van der Waals surface area contributed by atoms with Gasteiger partial charge >= 0.3 is 0 Å². The molecule has 0 spiro atoms. The molecule has 1 amide bonds. The topological polar surface area (TPSA) is 29.5 Å². The second kappa shape index (κ2) is 6.44. The molecular weight excluding hydrogens is 281 g/mol. The molecule has 1 aliphatic rings. The maximum atomic E-state index is 12.9. The largest absolute Gasteiger partial charge is 0.482 e. The van der Waals surface area contributed by atoms with Crippen LogP contribution in [0.15, 0.2) is 18.2 Å². The highest BCUT2D eigenvalue weighted by Crippen LogP contribution is 2.25. The highest BCUT2D eigenvalue weighted by atomic mass is 35.5. The van der Waals surface area contributed by atoms with E-state index in [0.717, 1.165) is 19.5 Å². The molecular formula is C15H19ClFNO2. The smallest absolute Gasteiger partial charge is 0.260 e. The van der Waals surface area contributed by atoms with Gasteiger partial charge in [0.25, 0.3) is 5.91 Å². The molecule has 0 saturated carbocycles. The van der Waals surface area contributed by atoms with Gasteiger partial charge in [0.05, 0.1) is 5.02 Å². The third-order valence-corrected chi connectivity index (χ3v) is 3.76. The van der Waals surface area contributed by atoms with E-state index in [9.17, 15) is 9.18 Å². The van der Waals surface area contributed by atoms with Crippen molar-refractivity contribution >= 4 is 17.5 Å². The average molecular weight is 300 g/mol. The summed E-state index contributed by atoms with van der Waals surface area (Å²) in [5.74, 6) is 0.880. The molecule has 1 aromatic rings. The van der Waals surface area contributed by atoms with Crippen LogP contribution in [0.4, 0.5) is 4.39 Å². The Balaban J connectivity index is 1.91. The molecule has 0 bridgehead atoms. The Bertz CT molecular complexity index is 485. The molecule has 2 rings (SSSR count). The molecule has 2 unspecified atom stereocenters. The normalized spacial score (nSPS) is 22.7. The molecule has 110 valence electrons. The summed E-state index contributed by atoms with van der Waals surface area (Å²) in [7, 11) is 0. The predicted octanol–water partition coefficient (Wildman–Crippen LogP) is 3.36. The second-order valence-corrected chi connectivity index (χ2v) is 6.02. The Morgan fingerprint density at radius 2 is 2.05 bits per heavy atom. The predicted molar refractivity (Wildman–Crippen MR) is 76.4 cm³/mol. The van der Waals surface area contributed by atoms with E-state index >= 15 is 0 Å². The third kappa shape index (κ3) is 3.85. The lowest BCUT2D eigenvalue weighted by molar-refractivity contribution is -0.136. The van der Waals surface area contributed by atoms with Crippen molar-refractivity contribution in [1.29, 1.82) is 0 Å². The van der Waals surface area contributed by atoms with Crippen LogP contribution in [0.5, 0.6) is 5.75 Å². The minimum atomic E-state index is -0.424. The molecule has 1 heterocycles. The van der Waals surface area contributed by atoms with Crippen molar-refractivity contribution in [2.45, 2.75) is 20.3 Å². The van der Waals surface area contributed by atoms with E-state index in [1.54, 1.807) is 0 Å². The molecule has 1 saturated heterocycles. The zero-order chi connectivity index (χ0) is 14.7. The fourth-order valence-electron chi connectivity index (χ4n) is 2.69. The quantitative estimate of drug-likeness (QED) is 0.856. The van der Waals surface area contributed by atoms with Gasteiger partial charge in [0.15, 0.2) is 6.61 Å². The number of carbonyl (C=O) groups is 1. The van der Waals surface area contributed by atoms with Crippen molar-refractivity contribution in [3.63, 3.8) is 0 Å². The summed E-state index contributed by atoms with van der Waals surface area (Å²) >= 11 is 5.86. The maximum Gasteiger partial charge on any atom is 0.260 e. The molecule has 2 atom stereocenters. The Labute approximate surface area is 123 Å². The second-order valence-electron chi connectivity index (χ2n) is 5.61. The molecule has 0 aliphatic carbocycles. The Hall–Kier alpha value is -1.29. The van der Waals surface area contributed by atoms with Crippen molar-refractivity contribution < 1.29 is 13.9 Å². The van der Waals surface area contributed by atoms with Gasteiger partial charge in [-0.1, -0.05) is 25.4 Å². The molecule has 5 heteroatoms. The van der Waals surface area contributed by atoms with E-state index in [1.165, 1.54) is 18.2 Å². The standard InChI is InChI=1S/C15H19ClFNO2/c1-10-5-11(2)8-18(7-10)15(19)9-20-14-4-3-12(17)6-13(14)16/h3-4,6,10-11H,5,7-9H2,1-2H3. The van der Waals surface area contributed by atoms with Gasteiger partial charge in [-0.2, -0.15) is 0 Å². The first-order valence-corrected chi connectivity index (χ1v) is 7.19. The lowest BCUT2D eigenvalue weighted by atomic mass is 9.92. The zero-order valence-corrected chi connectivity index (χ0v) is 12.5. The van der Waals surface area contributed by atoms with Crippen LogP contribution in [0.25, 0.3) is 0 Å². The number of likely N-dealkylation sites (tertiary alicyclic amines) is 1. The summed E-state index contributed by atoms with van der Waals surface area (Å²) < 4.78 is 18.3. The summed E-state index contributed by atoms with van der Waals surface area (Å²) in [6.45, 7) is 5.76. The Kier molecular flexibility index (Phi) is 4.86. The SMILES string of the molecule is CC1CC(C)CN(C(=O)COc2ccc(F)cc2Cl)C1. The summed E-state index contributed by atoms with van der Waals surface area (Å²) in [5.41, 5.74) is 0. The first kappa shape index (κ1) is 15.1. The van der Waals surface area contributed by atoms with Crippen molar-refractivity contribution in [2.75, 3.05) is 19.7 Å². The number of rotatable bonds is 3. The van der Waals surface area contributed by atoms with Gasteiger partial charge in [0.1, 0.15) is 11.6 Å². The molecule has 3 nitrogen and oxygen atoms in total. The van der Waals surface area contributed by atoms with Crippen LogP contribution >= 0.6 is 11.6 Å². The number of amides is 1. The van der Waals surface area contributed by atoms with Gasteiger partial charge in [-0.05, 0) is 36.5 Å². The van der Waals surface area contributed by atoms with E-state index in [2.05, 4.69) is 13.8 Å². The van der Waals surface area contributed by atoms with Gasteiger partial charge in [-0.3, -0.25) is 4.79 Å². The lowest BCUT2D eigenvalue weighted by Crippen LogP contribution is -2.44. The fourth-order valence-corrected chi connectivity index (χ4v) is 2.91. The molecule has 0 aromatic heterocycles. The molecule has 1 aromatic carbocycles. The number of hydrogen-bond donors (Lipinski definition) is 0. The van der Waals surface area contributed by atoms with Crippen LogP contribution in [-0.2, 0) is 4.79 Å². The molecule has 1 aliphatic heterocycles. The van der Waals surface area contributed by atoms with Gasteiger partial charge in [0.2, 0.25) is 0 Å². The highest BCUT2D eigenvalue weighted by molar-refractivity contribution is 6.32. The van der Waals surface area contributed by atoms with Crippen molar-refractivity contribution in [3.8, 4) is 5.75 Å². The van der Waals surface area contributed by atoms with Crippen LogP contribution in [-0.4, -0.2) is 30.5 Å². The monoisotopic (exact) mass is 299 g/mol.